The van der Waals surface area contributed by atoms with Gasteiger partial charge in [-0.25, -0.2) is 14.6 Å². The molecular formula is C23H29BrClN3O4. The number of halogens is 2. The molecule has 1 aromatic carbocycles. The number of rotatable bonds is 3. The first-order valence-electron chi connectivity index (χ1n) is 10.1. The van der Waals surface area contributed by atoms with Gasteiger partial charge in [-0.05, 0) is 66.5 Å². The summed E-state index contributed by atoms with van der Waals surface area (Å²) in [4.78, 5) is 35.5. The zero-order valence-electron chi connectivity index (χ0n) is 19.7. The van der Waals surface area contributed by atoms with Crippen molar-refractivity contribution in [2.24, 2.45) is 0 Å². The molecule has 0 radical (unpaired) electrons. The van der Waals surface area contributed by atoms with Crippen molar-refractivity contribution in [3.8, 4) is 11.3 Å². The summed E-state index contributed by atoms with van der Waals surface area (Å²) >= 11 is 9.95. The SMILES string of the molecule is Cc1cccc(CBr)c1-c1nc(N(C(=O)OC(C)(C)C)C(=O)OC(C)(C)C)nc(Cl)c1C. The van der Waals surface area contributed by atoms with Crippen LogP contribution in [0.25, 0.3) is 11.3 Å². The summed E-state index contributed by atoms with van der Waals surface area (Å²) in [7, 11) is 0. The Morgan fingerprint density at radius 2 is 1.53 bits per heavy atom. The Morgan fingerprint density at radius 3 is 2.00 bits per heavy atom. The van der Waals surface area contributed by atoms with Crippen molar-refractivity contribution in [1.29, 1.82) is 0 Å². The zero-order chi connectivity index (χ0) is 24.4. The van der Waals surface area contributed by atoms with Gasteiger partial charge in [0.15, 0.2) is 0 Å². The Bertz CT molecular complexity index is 1000. The van der Waals surface area contributed by atoms with Crippen LogP contribution in [0.3, 0.4) is 0 Å². The highest BCUT2D eigenvalue weighted by atomic mass is 79.9. The number of nitrogens with zero attached hydrogens (tertiary/aromatic N) is 3. The number of aryl methyl sites for hydroxylation is 1. The van der Waals surface area contributed by atoms with Crippen molar-refractivity contribution in [1.82, 2.24) is 9.97 Å². The van der Waals surface area contributed by atoms with Crippen LogP contribution in [0.2, 0.25) is 5.15 Å². The second-order valence-corrected chi connectivity index (χ2v) is 10.2. The number of carbonyl (C=O) groups excluding carboxylic acids is 2. The lowest BCUT2D eigenvalue weighted by Gasteiger charge is -2.28. The molecular weight excluding hydrogens is 498 g/mol. The topological polar surface area (TPSA) is 81.6 Å². The van der Waals surface area contributed by atoms with Crippen molar-refractivity contribution in [2.45, 2.75) is 71.9 Å². The highest BCUT2D eigenvalue weighted by molar-refractivity contribution is 9.08. The molecule has 9 heteroatoms. The number of hydrogen-bond acceptors (Lipinski definition) is 6. The van der Waals surface area contributed by atoms with E-state index < -0.39 is 23.4 Å². The van der Waals surface area contributed by atoms with Crippen molar-refractivity contribution in [3.63, 3.8) is 0 Å². The number of amides is 2. The minimum Gasteiger partial charge on any atom is -0.443 e. The van der Waals surface area contributed by atoms with Gasteiger partial charge in [0.05, 0.1) is 5.69 Å². The maximum absolute atomic E-state index is 13.0. The van der Waals surface area contributed by atoms with E-state index in [4.69, 9.17) is 21.1 Å². The summed E-state index contributed by atoms with van der Waals surface area (Å²) in [6.45, 7) is 13.9. The van der Waals surface area contributed by atoms with Crippen LogP contribution in [0, 0.1) is 13.8 Å². The molecule has 7 nitrogen and oxygen atoms in total. The van der Waals surface area contributed by atoms with E-state index in [0.29, 0.717) is 21.5 Å². The van der Waals surface area contributed by atoms with Crippen LogP contribution in [0.1, 0.15) is 58.2 Å². The van der Waals surface area contributed by atoms with Gasteiger partial charge in [0.25, 0.3) is 0 Å². The van der Waals surface area contributed by atoms with E-state index in [1.807, 2.05) is 25.1 Å². The van der Waals surface area contributed by atoms with Gasteiger partial charge in [-0.3, -0.25) is 0 Å². The van der Waals surface area contributed by atoms with Gasteiger partial charge in [0, 0.05) is 16.5 Å². The number of carbonyl (C=O) groups is 2. The van der Waals surface area contributed by atoms with E-state index in [-0.39, 0.29) is 11.1 Å². The first-order valence-corrected chi connectivity index (χ1v) is 11.6. The lowest BCUT2D eigenvalue weighted by atomic mass is 9.97. The summed E-state index contributed by atoms with van der Waals surface area (Å²) in [5, 5.41) is 0.702. The number of aromatic nitrogens is 2. The monoisotopic (exact) mass is 525 g/mol. The quantitative estimate of drug-likeness (QED) is 0.317. The fourth-order valence-corrected chi connectivity index (χ4v) is 3.49. The number of anilines is 1. The van der Waals surface area contributed by atoms with Crippen molar-refractivity contribution in [3.05, 3.63) is 40.0 Å². The first-order chi connectivity index (χ1) is 14.6. The summed E-state index contributed by atoms with van der Waals surface area (Å²) < 4.78 is 10.9. The predicted molar refractivity (Wildman–Crippen MR) is 130 cm³/mol. The molecule has 0 unspecified atom stereocenters. The average Bonchev–Trinajstić information content (AvgIpc) is 2.61. The molecule has 0 aliphatic carbocycles. The van der Waals surface area contributed by atoms with Gasteiger partial charge in [-0.2, -0.15) is 4.98 Å². The Hall–Kier alpha value is -2.19. The molecule has 0 saturated carbocycles. The molecule has 0 fully saturated rings. The molecule has 1 aromatic heterocycles. The van der Waals surface area contributed by atoms with E-state index in [9.17, 15) is 9.59 Å². The lowest BCUT2D eigenvalue weighted by Crippen LogP contribution is -2.44. The molecule has 32 heavy (non-hydrogen) atoms. The van der Waals surface area contributed by atoms with Crippen LogP contribution in [-0.4, -0.2) is 33.4 Å². The summed E-state index contributed by atoms with van der Waals surface area (Å²) in [6.07, 6.45) is -1.91. The molecule has 0 spiro atoms. The van der Waals surface area contributed by atoms with E-state index in [2.05, 4.69) is 25.9 Å². The summed E-state index contributed by atoms with van der Waals surface area (Å²) in [6, 6.07) is 5.87. The fraction of sp³-hybridized carbons (Fsp3) is 0.478. The smallest absolute Gasteiger partial charge is 0.427 e. The van der Waals surface area contributed by atoms with Crippen LogP contribution in [-0.2, 0) is 14.8 Å². The number of hydrogen-bond donors (Lipinski definition) is 0. The lowest BCUT2D eigenvalue weighted by molar-refractivity contribution is 0.0427. The average molecular weight is 527 g/mol. The van der Waals surface area contributed by atoms with Crippen molar-refractivity contribution in [2.75, 3.05) is 4.90 Å². The summed E-state index contributed by atoms with van der Waals surface area (Å²) in [5.41, 5.74) is 2.23. The molecule has 0 aliphatic heterocycles. The third kappa shape index (κ3) is 6.42. The highest BCUT2D eigenvalue weighted by Gasteiger charge is 2.35. The molecule has 2 rings (SSSR count). The van der Waals surface area contributed by atoms with Crippen LogP contribution >= 0.6 is 27.5 Å². The summed E-state index contributed by atoms with van der Waals surface area (Å²) in [5.74, 6) is -0.220. The Kier molecular flexibility index (Phi) is 7.94. The molecule has 0 N–H and O–H groups in total. The van der Waals surface area contributed by atoms with Gasteiger partial charge < -0.3 is 9.47 Å². The Balaban J connectivity index is 2.72. The van der Waals surface area contributed by atoms with Gasteiger partial charge >= 0.3 is 12.2 Å². The normalized spacial score (nSPS) is 11.8. The third-order valence-electron chi connectivity index (χ3n) is 4.17. The molecule has 174 valence electrons. The Labute approximate surface area is 202 Å². The number of ether oxygens (including phenoxy) is 2. The third-order valence-corrected chi connectivity index (χ3v) is 5.14. The second kappa shape index (κ2) is 9.75. The van der Waals surface area contributed by atoms with Crippen LogP contribution in [0.15, 0.2) is 18.2 Å². The molecule has 2 amide bonds. The van der Waals surface area contributed by atoms with Crippen LogP contribution in [0.4, 0.5) is 15.5 Å². The minimum atomic E-state index is -0.955. The zero-order valence-corrected chi connectivity index (χ0v) is 22.0. The van der Waals surface area contributed by atoms with Crippen LogP contribution < -0.4 is 4.90 Å². The second-order valence-electron chi connectivity index (χ2n) is 9.33. The van der Waals surface area contributed by atoms with Gasteiger partial charge in [0.1, 0.15) is 16.4 Å². The predicted octanol–water partition coefficient (Wildman–Crippen LogP) is 6.99. The van der Waals surface area contributed by atoms with Gasteiger partial charge in [0.2, 0.25) is 5.95 Å². The maximum atomic E-state index is 13.0. The van der Waals surface area contributed by atoms with Gasteiger partial charge in [-0.15, -0.1) is 4.90 Å². The fourth-order valence-electron chi connectivity index (χ4n) is 2.85. The van der Waals surface area contributed by atoms with Crippen molar-refractivity contribution < 1.29 is 19.1 Å². The van der Waals surface area contributed by atoms with Crippen LogP contribution in [0.5, 0.6) is 0 Å². The highest BCUT2D eigenvalue weighted by Crippen LogP contribution is 2.34. The molecule has 0 saturated heterocycles. The maximum Gasteiger partial charge on any atom is 0.427 e. The largest absolute Gasteiger partial charge is 0.443 e. The number of imide groups is 1. The molecule has 0 aliphatic rings. The minimum absolute atomic E-state index is 0.117. The van der Waals surface area contributed by atoms with E-state index >= 15 is 0 Å². The molecule has 0 bridgehead atoms. The number of benzene rings is 1. The van der Waals surface area contributed by atoms with E-state index in [1.54, 1.807) is 48.5 Å². The Morgan fingerprint density at radius 1 is 1.00 bits per heavy atom. The first kappa shape index (κ1) is 26.1. The standard InChI is InChI=1S/C23H29BrClN3O4/c1-13-10-9-11-15(12-24)16(13)17-14(2)18(25)27-19(26-17)28(20(29)31-22(3,4)5)21(30)32-23(6,7)8/h9-11H,12H2,1-8H3. The molecule has 1 heterocycles. The van der Waals surface area contributed by atoms with Crippen molar-refractivity contribution >= 4 is 45.7 Å². The number of alkyl halides is 1. The van der Waals surface area contributed by atoms with E-state index in [1.165, 1.54) is 0 Å². The molecule has 0 atom stereocenters. The molecule has 2 aromatic rings. The van der Waals surface area contributed by atoms with E-state index in [0.717, 1.165) is 16.7 Å². The van der Waals surface area contributed by atoms with Gasteiger partial charge in [-0.1, -0.05) is 45.7 Å².